The number of halogens is 2. The molecule has 0 aliphatic rings. The summed E-state index contributed by atoms with van der Waals surface area (Å²) in [5, 5.41) is 8.47. The molecule has 0 spiro atoms. The lowest BCUT2D eigenvalue weighted by molar-refractivity contribution is -0.131. The van der Waals surface area contributed by atoms with Gasteiger partial charge in [0.15, 0.2) is 0 Å². The van der Waals surface area contributed by atoms with Gasteiger partial charge in [0, 0.05) is 36.5 Å². The third kappa shape index (κ3) is 3.88. The highest BCUT2D eigenvalue weighted by Crippen LogP contribution is 2.21. The fourth-order valence-electron chi connectivity index (χ4n) is 1.43. The summed E-state index contributed by atoms with van der Waals surface area (Å²) >= 11 is 0. The molecular weight excluding hydrogens is 268 g/mol. The van der Waals surface area contributed by atoms with Gasteiger partial charge in [-0.1, -0.05) is 0 Å². The van der Waals surface area contributed by atoms with Crippen molar-refractivity contribution in [2.24, 2.45) is 0 Å². The van der Waals surface area contributed by atoms with E-state index < -0.39 is 17.6 Å². The van der Waals surface area contributed by atoms with E-state index in [9.17, 15) is 13.6 Å². The van der Waals surface area contributed by atoms with E-state index in [-0.39, 0.29) is 11.6 Å². The predicted molar refractivity (Wildman–Crippen MR) is 67.3 cm³/mol. The maximum absolute atomic E-state index is 13.0. The number of ether oxygens (including phenoxy) is 1. The molecule has 0 unspecified atom stereocenters. The van der Waals surface area contributed by atoms with Crippen LogP contribution < -0.4 is 4.74 Å². The largest absolute Gasteiger partial charge is 0.478 e. The van der Waals surface area contributed by atoms with E-state index in [0.717, 1.165) is 24.3 Å². The van der Waals surface area contributed by atoms with Crippen LogP contribution in [0.25, 0.3) is 6.08 Å². The summed E-state index contributed by atoms with van der Waals surface area (Å²) in [7, 11) is 0. The number of hydrogen-bond donors (Lipinski definition) is 1. The van der Waals surface area contributed by atoms with Gasteiger partial charge in [-0.2, -0.15) is 0 Å². The Bertz CT molecular complexity index is 634. The average molecular weight is 277 g/mol. The van der Waals surface area contributed by atoms with Gasteiger partial charge in [-0.05, 0) is 17.7 Å². The summed E-state index contributed by atoms with van der Waals surface area (Å²) in [6.07, 6.45) is 3.71. The monoisotopic (exact) mass is 277 g/mol. The molecule has 102 valence electrons. The molecule has 1 N–H and O–H groups in total. The van der Waals surface area contributed by atoms with E-state index >= 15 is 0 Å². The van der Waals surface area contributed by atoms with E-state index in [2.05, 4.69) is 4.98 Å². The Morgan fingerprint density at radius 3 is 2.45 bits per heavy atom. The maximum atomic E-state index is 13.0. The van der Waals surface area contributed by atoms with E-state index in [0.29, 0.717) is 5.56 Å². The Kier molecular flexibility index (Phi) is 4.05. The summed E-state index contributed by atoms with van der Waals surface area (Å²) in [5.41, 5.74) is 0.560. The first-order chi connectivity index (χ1) is 9.52. The number of carboxylic acids is 1. The fraction of sp³-hybridized carbons (Fsp3) is 0. The first-order valence-corrected chi connectivity index (χ1v) is 5.54. The van der Waals surface area contributed by atoms with Crippen molar-refractivity contribution in [1.82, 2.24) is 4.98 Å². The quantitative estimate of drug-likeness (QED) is 0.871. The molecule has 0 aliphatic carbocycles. The predicted octanol–water partition coefficient (Wildman–Crippen LogP) is 3.25. The number of carboxylic acid groups (broad SMARTS) is 1. The van der Waals surface area contributed by atoms with Gasteiger partial charge in [-0.25, -0.2) is 18.6 Å². The van der Waals surface area contributed by atoms with Crippen molar-refractivity contribution < 1.29 is 23.4 Å². The van der Waals surface area contributed by atoms with Gasteiger partial charge >= 0.3 is 5.97 Å². The van der Waals surface area contributed by atoms with Gasteiger partial charge in [0.2, 0.25) is 5.88 Å². The smallest absolute Gasteiger partial charge is 0.328 e. The summed E-state index contributed by atoms with van der Waals surface area (Å²) in [5.74, 6) is -2.44. The minimum Gasteiger partial charge on any atom is -0.478 e. The molecule has 1 heterocycles. The summed E-state index contributed by atoms with van der Waals surface area (Å²) in [6, 6.07) is 5.83. The average Bonchev–Trinajstić information content (AvgIpc) is 2.36. The Morgan fingerprint density at radius 1 is 1.20 bits per heavy atom. The van der Waals surface area contributed by atoms with Crippen LogP contribution in [0.5, 0.6) is 11.6 Å². The molecular formula is C14H9F2NO3. The Hall–Kier alpha value is -2.76. The highest BCUT2D eigenvalue weighted by molar-refractivity contribution is 5.85. The number of nitrogens with zero attached hydrogens (tertiary/aromatic N) is 1. The highest BCUT2D eigenvalue weighted by Gasteiger charge is 2.03. The lowest BCUT2D eigenvalue weighted by Gasteiger charge is -2.05. The summed E-state index contributed by atoms with van der Waals surface area (Å²) in [6.45, 7) is 0. The summed E-state index contributed by atoms with van der Waals surface area (Å²) < 4.78 is 31.1. The number of aliphatic carboxylic acids is 1. The lowest BCUT2D eigenvalue weighted by atomic mass is 10.2. The fourth-order valence-corrected chi connectivity index (χ4v) is 1.43. The van der Waals surface area contributed by atoms with Gasteiger partial charge < -0.3 is 9.84 Å². The van der Waals surface area contributed by atoms with Crippen LogP contribution in [0.15, 0.2) is 42.6 Å². The van der Waals surface area contributed by atoms with Crippen molar-refractivity contribution in [1.29, 1.82) is 0 Å². The second-order valence-corrected chi connectivity index (χ2v) is 3.81. The second kappa shape index (κ2) is 5.92. The van der Waals surface area contributed by atoms with Crippen LogP contribution in [0.3, 0.4) is 0 Å². The molecule has 0 fully saturated rings. The van der Waals surface area contributed by atoms with Gasteiger partial charge in [0.1, 0.15) is 17.4 Å². The Morgan fingerprint density at radius 2 is 1.90 bits per heavy atom. The van der Waals surface area contributed by atoms with Crippen LogP contribution in [0.1, 0.15) is 5.56 Å². The first-order valence-electron chi connectivity index (χ1n) is 5.54. The Balaban J connectivity index is 2.12. The molecule has 0 saturated heterocycles. The summed E-state index contributed by atoms with van der Waals surface area (Å²) in [4.78, 5) is 14.2. The molecule has 0 saturated carbocycles. The lowest BCUT2D eigenvalue weighted by Crippen LogP contribution is -1.90. The third-order valence-electron chi connectivity index (χ3n) is 2.24. The zero-order chi connectivity index (χ0) is 14.5. The van der Waals surface area contributed by atoms with Crippen LogP contribution in [-0.2, 0) is 4.79 Å². The zero-order valence-corrected chi connectivity index (χ0v) is 10.1. The minimum absolute atomic E-state index is 0.0103. The Labute approximate surface area is 113 Å². The molecule has 4 nitrogen and oxygen atoms in total. The number of benzene rings is 1. The SMILES string of the molecule is O=C(O)/C=C/c1ccc(Oc2cc(F)cc(F)c2)nc1. The number of pyridine rings is 1. The van der Waals surface area contributed by atoms with Crippen LogP contribution in [0.2, 0.25) is 0 Å². The van der Waals surface area contributed by atoms with Crippen molar-refractivity contribution in [3.8, 4) is 11.6 Å². The van der Waals surface area contributed by atoms with Crippen molar-refractivity contribution >= 4 is 12.0 Å². The minimum atomic E-state index is -1.07. The van der Waals surface area contributed by atoms with Gasteiger partial charge in [-0.3, -0.25) is 0 Å². The van der Waals surface area contributed by atoms with E-state index in [4.69, 9.17) is 9.84 Å². The molecule has 1 aromatic heterocycles. The second-order valence-electron chi connectivity index (χ2n) is 3.81. The van der Waals surface area contributed by atoms with E-state index in [1.54, 1.807) is 6.07 Å². The standard InChI is InChI=1S/C14H9F2NO3/c15-10-5-11(16)7-12(6-10)20-13-3-1-9(8-17-13)2-4-14(18)19/h1-8H,(H,18,19)/b4-2+. The zero-order valence-electron chi connectivity index (χ0n) is 10.1. The third-order valence-corrected chi connectivity index (χ3v) is 2.24. The van der Waals surface area contributed by atoms with Crippen LogP contribution in [0, 0.1) is 11.6 Å². The van der Waals surface area contributed by atoms with Crippen molar-refractivity contribution in [3.63, 3.8) is 0 Å². The van der Waals surface area contributed by atoms with Gasteiger partial charge in [0.25, 0.3) is 0 Å². The molecule has 0 amide bonds. The van der Waals surface area contributed by atoms with Gasteiger partial charge in [-0.15, -0.1) is 0 Å². The molecule has 0 radical (unpaired) electrons. The number of carbonyl (C=O) groups is 1. The van der Waals surface area contributed by atoms with Crippen molar-refractivity contribution in [2.45, 2.75) is 0 Å². The van der Waals surface area contributed by atoms with Crippen LogP contribution >= 0.6 is 0 Å². The van der Waals surface area contributed by atoms with E-state index in [1.807, 2.05) is 0 Å². The number of rotatable bonds is 4. The van der Waals surface area contributed by atoms with Gasteiger partial charge in [0.05, 0.1) is 0 Å². The molecule has 0 atom stereocenters. The van der Waals surface area contributed by atoms with Crippen molar-refractivity contribution in [3.05, 3.63) is 59.8 Å². The molecule has 1 aromatic carbocycles. The molecule has 0 aliphatic heterocycles. The van der Waals surface area contributed by atoms with Crippen LogP contribution in [0.4, 0.5) is 8.78 Å². The molecule has 0 bridgehead atoms. The van der Waals surface area contributed by atoms with Crippen LogP contribution in [-0.4, -0.2) is 16.1 Å². The first kappa shape index (κ1) is 13.7. The van der Waals surface area contributed by atoms with Crippen molar-refractivity contribution in [2.75, 3.05) is 0 Å². The maximum Gasteiger partial charge on any atom is 0.328 e. The molecule has 2 aromatic rings. The molecule has 20 heavy (non-hydrogen) atoms. The topological polar surface area (TPSA) is 59.4 Å². The highest BCUT2D eigenvalue weighted by atomic mass is 19.1. The normalized spacial score (nSPS) is 10.7. The number of aromatic nitrogens is 1. The molecule has 2 rings (SSSR count). The molecule has 6 heteroatoms. The number of hydrogen-bond acceptors (Lipinski definition) is 3. The van der Waals surface area contributed by atoms with E-state index in [1.165, 1.54) is 18.3 Å².